The van der Waals surface area contributed by atoms with Crippen LogP contribution in [0.2, 0.25) is 0 Å². The van der Waals surface area contributed by atoms with Gasteiger partial charge in [0.15, 0.2) is 0 Å². The van der Waals surface area contributed by atoms with Crippen LogP contribution in [0.15, 0.2) is 0 Å². The first-order valence-corrected chi connectivity index (χ1v) is 3.06. The monoisotopic (exact) mass is 228 g/mol. The van der Waals surface area contributed by atoms with Crippen molar-refractivity contribution in [3.8, 4) is 0 Å². The number of unbranched alkanes of at least 4 members (excludes halogenated alkanes) is 1. The quantitative estimate of drug-likeness (QED) is 0.503. The van der Waals surface area contributed by atoms with Gasteiger partial charge in [-0.1, -0.05) is 0 Å². The van der Waals surface area contributed by atoms with Gasteiger partial charge in [0.05, 0.1) is 0 Å². The van der Waals surface area contributed by atoms with Gasteiger partial charge in [-0.2, -0.15) is 0 Å². The minimum absolute atomic E-state index is 0. The van der Waals surface area contributed by atoms with Gasteiger partial charge in [0.1, 0.15) is 0 Å². The first-order valence-electron chi connectivity index (χ1n) is 3.06. The van der Waals surface area contributed by atoms with Gasteiger partial charge in [-0.25, -0.2) is 0 Å². The average molecular weight is 227 g/mol. The third kappa shape index (κ3) is 12.6. The molecule has 0 amide bonds. The Morgan fingerprint density at radius 3 is 1.36 bits per heavy atom. The van der Waals surface area contributed by atoms with Crippen molar-refractivity contribution < 1.29 is 19.8 Å². The van der Waals surface area contributed by atoms with Crippen LogP contribution in [0.3, 0.4) is 0 Å². The second kappa shape index (κ2) is 7.57. The van der Waals surface area contributed by atoms with Gasteiger partial charge >= 0.3 is 29.0 Å². The molecule has 0 fully saturated rings. The fourth-order valence-electron chi connectivity index (χ4n) is 0.552. The standard InChI is InChI=1S/C6H10O4.H2Se/c7-5(8)3-1-2-4-6(9)10;/h1-4H2,(H,7,8)(H,9,10);1H2. The molecule has 2 N–H and O–H groups in total. The van der Waals surface area contributed by atoms with Crippen LogP contribution in [0.4, 0.5) is 0 Å². The maximum atomic E-state index is 9.90. The van der Waals surface area contributed by atoms with E-state index in [1.165, 1.54) is 0 Å². The van der Waals surface area contributed by atoms with Crippen LogP contribution in [-0.4, -0.2) is 39.2 Å². The first kappa shape index (κ1) is 13.1. The van der Waals surface area contributed by atoms with E-state index >= 15 is 0 Å². The van der Waals surface area contributed by atoms with E-state index < -0.39 is 11.9 Å². The zero-order chi connectivity index (χ0) is 7.98. The molecule has 0 saturated heterocycles. The van der Waals surface area contributed by atoms with Gasteiger partial charge < -0.3 is 10.2 Å². The van der Waals surface area contributed by atoms with E-state index in [2.05, 4.69) is 0 Å². The van der Waals surface area contributed by atoms with E-state index in [1.54, 1.807) is 0 Å². The average Bonchev–Trinajstić information content (AvgIpc) is 1.79. The van der Waals surface area contributed by atoms with Crippen LogP contribution >= 0.6 is 0 Å². The number of hydrogen-bond acceptors (Lipinski definition) is 2. The molecule has 4 nitrogen and oxygen atoms in total. The molecule has 0 unspecified atom stereocenters. The van der Waals surface area contributed by atoms with Crippen molar-refractivity contribution in [3.05, 3.63) is 0 Å². The molecule has 0 spiro atoms. The van der Waals surface area contributed by atoms with Gasteiger partial charge in [0.2, 0.25) is 0 Å². The normalized spacial score (nSPS) is 8.36. The minimum atomic E-state index is -0.870. The van der Waals surface area contributed by atoms with Crippen molar-refractivity contribution >= 4 is 29.0 Å². The van der Waals surface area contributed by atoms with Crippen molar-refractivity contribution in [1.29, 1.82) is 0 Å². The van der Waals surface area contributed by atoms with Gasteiger partial charge in [0.25, 0.3) is 0 Å². The molecular formula is C6H12O4Se. The summed E-state index contributed by atoms with van der Waals surface area (Å²) in [5.41, 5.74) is 0. The van der Waals surface area contributed by atoms with Crippen molar-refractivity contribution in [3.63, 3.8) is 0 Å². The molecule has 0 bridgehead atoms. The molecule has 0 aromatic heterocycles. The molecule has 0 radical (unpaired) electrons. The summed E-state index contributed by atoms with van der Waals surface area (Å²) in [7, 11) is 0. The Morgan fingerprint density at radius 1 is 0.909 bits per heavy atom. The fourth-order valence-corrected chi connectivity index (χ4v) is 0.552. The van der Waals surface area contributed by atoms with Crippen LogP contribution < -0.4 is 0 Å². The van der Waals surface area contributed by atoms with Gasteiger partial charge in [-0.3, -0.25) is 9.59 Å². The van der Waals surface area contributed by atoms with E-state index in [4.69, 9.17) is 10.2 Å². The Morgan fingerprint density at radius 2 is 1.18 bits per heavy atom. The predicted octanol–water partition coefficient (Wildman–Crippen LogP) is -0.200. The van der Waals surface area contributed by atoms with E-state index in [0.717, 1.165) is 0 Å². The van der Waals surface area contributed by atoms with Gasteiger partial charge in [0, 0.05) is 12.8 Å². The number of carbonyl (C=O) groups is 2. The third-order valence-electron chi connectivity index (χ3n) is 1.03. The number of aliphatic carboxylic acids is 2. The predicted molar refractivity (Wildman–Crippen MR) is 42.3 cm³/mol. The van der Waals surface area contributed by atoms with Crippen LogP contribution in [0.5, 0.6) is 0 Å². The molecule has 0 aromatic rings. The van der Waals surface area contributed by atoms with E-state index in [0.29, 0.717) is 12.8 Å². The Bertz CT molecular complexity index is 119. The Kier molecular flexibility index (Phi) is 8.99. The Labute approximate surface area is 75.1 Å². The van der Waals surface area contributed by atoms with E-state index in [9.17, 15) is 9.59 Å². The molecule has 5 heteroatoms. The van der Waals surface area contributed by atoms with Crippen molar-refractivity contribution in [2.75, 3.05) is 0 Å². The molecule has 0 heterocycles. The zero-order valence-corrected chi connectivity index (χ0v) is 8.14. The van der Waals surface area contributed by atoms with Crippen molar-refractivity contribution in [2.45, 2.75) is 25.7 Å². The van der Waals surface area contributed by atoms with Crippen LogP contribution in [-0.2, 0) is 9.59 Å². The second-order valence-electron chi connectivity index (χ2n) is 1.99. The summed E-state index contributed by atoms with van der Waals surface area (Å²) in [6.45, 7) is 0. The zero-order valence-electron chi connectivity index (χ0n) is 6.04. The first-order chi connectivity index (χ1) is 4.63. The summed E-state index contributed by atoms with van der Waals surface area (Å²) in [6.07, 6.45) is 1.02. The summed E-state index contributed by atoms with van der Waals surface area (Å²) < 4.78 is 0. The number of carboxylic acid groups (broad SMARTS) is 2. The van der Waals surface area contributed by atoms with Crippen LogP contribution in [0.1, 0.15) is 25.7 Å². The van der Waals surface area contributed by atoms with Gasteiger partial charge in [-0.15, -0.1) is 0 Å². The van der Waals surface area contributed by atoms with Gasteiger partial charge in [-0.05, 0) is 12.8 Å². The summed E-state index contributed by atoms with van der Waals surface area (Å²) in [4.78, 5) is 19.8. The summed E-state index contributed by atoms with van der Waals surface area (Å²) in [5.74, 6) is -1.74. The molecule has 0 rings (SSSR count). The molecule has 11 heavy (non-hydrogen) atoms. The maximum absolute atomic E-state index is 9.90. The molecule has 0 saturated carbocycles. The topological polar surface area (TPSA) is 74.6 Å². The van der Waals surface area contributed by atoms with E-state index in [-0.39, 0.29) is 29.9 Å². The molecule has 0 aromatic carbocycles. The SMILES string of the molecule is O=C(O)CCCCC(=O)O.[SeH2]. The van der Waals surface area contributed by atoms with E-state index in [1.807, 2.05) is 0 Å². The third-order valence-corrected chi connectivity index (χ3v) is 1.03. The summed E-state index contributed by atoms with van der Waals surface area (Å²) in [5, 5.41) is 16.3. The number of rotatable bonds is 5. The molecule has 0 atom stereocenters. The molecule has 66 valence electrons. The molecule has 0 aliphatic carbocycles. The second-order valence-corrected chi connectivity index (χ2v) is 1.99. The fraction of sp³-hybridized carbons (Fsp3) is 0.667. The molecule has 0 aliphatic heterocycles. The summed E-state index contributed by atoms with van der Waals surface area (Å²) in [6, 6.07) is 0. The number of hydrogen-bond donors (Lipinski definition) is 2. The van der Waals surface area contributed by atoms with Crippen LogP contribution in [0, 0.1) is 0 Å². The Hall–Kier alpha value is -0.541. The number of carboxylic acids is 2. The summed E-state index contributed by atoms with van der Waals surface area (Å²) >= 11 is 0. The molecule has 0 aliphatic rings. The van der Waals surface area contributed by atoms with Crippen molar-refractivity contribution in [1.82, 2.24) is 0 Å². The Balaban J connectivity index is 0. The van der Waals surface area contributed by atoms with Crippen LogP contribution in [0.25, 0.3) is 0 Å². The van der Waals surface area contributed by atoms with Crippen molar-refractivity contribution in [2.24, 2.45) is 0 Å². The molecular weight excluding hydrogens is 215 g/mol.